The fourth-order valence-electron chi connectivity index (χ4n) is 1.11. The first-order valence-corrected chi connectivity index (χ1v) is 4.08. The van der Waals surface area contributed by atoms with Gasteiger partial charge in [0.2, 0.25) is 12.1 Å². The lowest BCUT2D eigenvalue weighted by Crippen LogP contribution is -2.24. The first-order valence-electron chi connectivity index (χ1n) is 4.08. The molecule has 1 aromatic carbocycles. The number of phenols is 1. The molecule has 0 atom stereocenters. The number of Topliss-reactive ketones (excluding diaryl/α,β-unsaturated/α-hetero) is 1. The Morgan fingerprint density at radius 1 is 1.36 bits per heavy atom. The number of benzene rings is 1. The third-order valence-electron chi connectivity index (χ3n) is 1.77. The largest absolute Gasteiger partial charge is 0.508 e. The van der Waals surface area contributed by atoms with Crippen molar-refractivity contribution in [3.63, 3.8) is 0 Å². The van der Waals surface area contributed by atoms with Gasteiger partial charge in [0, 0.05) is 19.8 Å². The fraction of sp³-hybridized carbons (Fsp3) is 0.300. The number of ketones is 1. The smallest absolute Gasteiger partial charge is 0.222 e. The van der Waals surface area contributed by atoms with Gasteiger partial charge in [0.05, 0.1) is 0 Å². The van der Waals surface area contributed by atoms with E-state index in [-0.39, 0.29) is 11.5 Å². The van der Waals surface area contributed by atoms with Crippen LogP contribution in [0, 0.1) is 0 Å². The van der Waals surface area contributed by atoms with E-state index in [9.17, 15) is 4.79 Å². The minimum absolute atomic E-state index is 0.0433. The second kappa shape index (κ2) is 4.74. The molecule has 0 heterocycles. The lowest BCUT2D eigenvalue weighted by atomic mass is 10.1. The van der Waals surface area contributed by atoms with Crippen LogP contribution in [0.3, 0.4) is 0 Å². The van der Waals surface area contributed by atoms with Crippen molar-refractivity contribution in [2.24, 2.45) is 0 Å². The monoisotopic (exact) mass is 196 g/mol. The summed E-state index contributed by atoms with van der Waals surface area (Å²) in [6.07, 6.45) is -0.920. The van der Waals surface area contributed by atoms with Crippen molar-refractivity contribution in [3.8, 4) is 5.75 Å². The number of methoxy groups -OCH3 is 2. The number of rotatable bonds is 4. The van der Waals surface area contributed by atoms with E-state index >= 15 is 0 Å². The second-order valence-electron chi connectivity index (χ2n) is 2.72. The summed E-state index contributed by atoms with van der Waals surface area (Å²) in [4.78, 5) is 11.6. The number of ether oxygens (including phenoxy) is 2. The van der Waals surface area contributed by atoms with Crippen molar-refractivity contribution < 1.29 is 19.4 Å². The normalized spacial score (nSPS) is 10.5. The van der Waals surface area contributed by atoms with Gasteiger partial charge in [0.25, 0.3) is 0 Å². The van der Waals surface area contributed by atoms with Crippen LogP contribution in [0.2, 0.25) is 0 Å². The van der Waals surface area contributed by atoms with E-state index < -0.39 is 6.29 Å². The highest BCUT2D eigenvalue weighted by molar-refractivity contribution is 5.98. The van der Waals surface area contributed by atoms with Gasteiger partial charge in [-0.2, -0.15) is 0 Å². The van der Waals surface area contributed by atoms with Crippen LogP contribution in [0.15, 0.2) is 24.3 Å². The Bertz CT molecular complexity index is 318. The van der Waals surface area contributed by atoms with Crippen molar-refractivity contribution in [3.05, 3.63) is 29.8 Å². The second-order valence-corrected chi connectivity index (χ2v) is 2.72. The Morgan fingerprint density at radius 2 is 2.00 bits per heavy atom. The molecule has 14 heavy (non-hydrogen) atoms. The van der Waals surface area contributed by atoms with Crippen molar-refractivity contribution in [1.29, 1.82) is 0 Å². The maximum atomic E-state index is 11.6. The molecule has 0 saturated carbocycles. The zero-order valence-electron chi connectivity index (χ0n) is 8.06. The van der Waals surface area contributed by atoms with E-state index in [1.165, 1.54) is 26.4 Å². The summed E-state index contributed by atoms with van der Waals surface area (Å²) < 4.78 is 9.60. The quantitative estimate of drug-likeness (QED) is 0.580. The van der Waals surface area contributed by atoms with E-state index in [4.69, 9.17) is 14.6 Å². The maximum Gasteiger partial charge on any atom is 0.222 e. The van der Waals surface area contributed by atoms with E-state index in [1.807, 2.05) is 0 Å². The molecule has 0 aromatic heterocycles. The zero-order valence-corrected chi connectivity index (χ0v) is 8.06. The van der Waals surface area contributed by atoms with Crippen LogP contribution in [0.1, 0.15) is 10.4 Å². The van der Waals surface area contributed by atoms with Gasteiger partial charge in [-0.15, -0.1) is 0 Å². The summed E-state index contributed by atoms with van der Waals surface area (Å²) in [5, 5.41) is 9.16. The molecule has 76 valence electrons. The van der Waals surface area contributed by atoms with Gasteiger partial charge < -0.3 is 14.6 Å². The number of hydrogen-bond donors (Lipinski definition) is 1. The number of aromatic hydroxyl groups is 1. The topological polar surface area (TPSA) is 55.8 Å². The molecule has 4 nitrogen and oxygen atoms in total. The average molecular weight is 196 g/mol. The average Bonchev–Trinajstić information content (AvgIpc) is 2.19. The predicted molar refractivity (Wildman–Crippen MR) is 50.2 cm³/mol. The molecule has 4 heteroatoms. The first-order chi connectivity index (χ1) is 6.69. The molecule has 0 aliphatic carbocycles. The van der Waals surface area contributed by atoms with Gasteiger partial charge in [-0.05, 0) is 12.1 Å². The lowest BCUT2D eigenvalue weighted by molar-refractivity contribution is -0.0742. The summed E-state index contributed by atoms with van der Waals surface area (Å²) in [5.74, 6) is -0.271. The Morgan fingerprint density at radius 3 is 2.50 bits per heavy atom. The van der Waals surface area contributed by atoms with E-state index in [0.29, 0.717) is 5.56 Å². The zero-order chi connectivity index (χ0) is 10.6. The van der Waals surface area contributed by atoms with E-state index in [1.54, 1.807) is 12.1 Å². The molecule has 0 aliphatic rings. The van der Waals surface area contributed by atoms with Crippen LogP contribution in [-0.4, -0.2) is 31.4 Å². The Hall–Kier alpha value is -1.39. The summed E-state index contributed by atoms with van der Waals surface area (Å²) in [5.41, 5.74) is 0.360. The highest BCUT2D eigenvalue weighted by Gasteiger charge is 2.18. The first kappa shape index (κ1) is 10.7. The SMILES string of the molecule is COC(OC)C(=O)c1cccc(O)c1. The van der Waals surface area contributed by atoms with Gasteiger partial charge >= 0.3 is 0 Å². The molecule has 1 rings (SSSR count). The fourth-order valence-corrected chi connectivity index (χ4v) is 1.11. The van der Waals surface area contributed by atoms with Gasteiger partial charge in [-0.3, -0.25) is 4.79 Å². The Balaban J connectivity index is 2.88. The molecule has 0 fully saturated rings. The molecule has 1 aromatic rings. The van der Waals surface area contributed by atoms with Crippen molar-refractivity contribution in [2.75, 3.05) is 14.2 Å². The number of carbonyl (C=O) groups is 1. The van der Waals surface area contributed by atoms with Crippen LogP contribution in [0.25, 0.3) is 0 Å². The van der Waals surface area contributed by atoms with Crippen LogP contribution in [0.5, 0.6) is 5.75 Å². The number of carbonyl (C=O) groups excluding carboxylic acids is 1. The maximum absolute atomic E-state index is 11.6. The van der Waals surface area contributed by atoms with Crippen LogP contribution in [-0.2, 0) is 9.47 Å². The summed E-state index contributed by atoms with van der Waals surface area (Å²) in [6.45, 7) is 0. The van der Waals surface area contributed by atoms with Crippen molar-refractivity contribution >= 4 is 5.78 Å². The highest BCUT2D eigenvalue weighted by atomic mass is 16.7. The standard InChI is InChI=1S/C10H12O4/c1-13-10(14-2)9(12)7-4-3-5-8(11)6-7/h3-6,10-11H,1-2H3. The lowest BCUT2D eigenvalue weighted by Gasteiger charge is -2.11. The number of hydrogen-bond acceptors (Lipinski definition) is 4. The summed E-state index contributed by atoms with van der Waals surface area (Å²) in [7, 11) is 2.77. The third-order valence-corrected chi connectivity index (χ3v) is 1.77. The van der Waals surface area contributed by atoms with E-state index in [2.05, 4.69) is 0 Å². The van der Waals surface area contributed by atoms with Gasteiger partial charge in [0.1, 0.15) is 5.75 Å². The minimum atomic E-state index is -0.920. The third kappa shape index (κ3) is 2.31. The Labute approximate surface area is 82.1 Å². The number of phenolic OH excluding ortho intramolecular Hbond substituents is 1. The molecule has 0 aliphatic heterocycles. The summed E-state index contributed by atoms with van der Waals surface area (Å²) in [6, 6.07) is 6.04. The van der Waals surface area contributed by atoms with Crippen LogP contribution < -0.4 is 0 Å². The molecule has 0 unspecified atom stereocenters. The molecule has 0 amide bonds. The molecule has 1 N–H and O–H groups in total. The molecule has 0 saturated heterocycles. The van der Waals surface area contributed by atoms with Crippen molar-refractivity contribution in [2.45, 2.75) is 6.29 Å². The molecule has 0 radical (unpaired) electrons. The van der Waals surface area contributed by atoms with Crippen LogP contribution >= 0.6 is 0 Å². The highest BCUT2D eigenvalue weighted by Crippen LogP contribution is 2.13. The van der Waals surface area contributed by atoms with Gasteiger partial charge in [0.15, 0.2) is 0 Å². The molecule has 0 bridgehead atoms. The minimum Gasteiger partial charge on any atom is -0.508 e. The Kier molecular flexibility index (Phi) is 3.62. The molecule has 0 spiro atoms. The van der Waals surface area contributed by atoms with Crippen LogP contribution in [0.4, 0.5) is 0 Å². The van der Waals surface area contributed by atoms with Gasteiger partial charge in [-0.25, -0.2) is 0 Å². The predicted octanol–water partition coefficient (Wildman–Crippen LogP) is 1.19. The van der Waals surface area contributed by atoms with E-state index in [0.717, 1.165) is 0 Å². The molecular formula is C10H12O4. The van der Waals surface area contributed by atoms with Gasteiger partial charge in [-0.1, -0.05) is 12.1 Å². The molecular weight excluding hydrogens is 184 g/mol. The van der Waals surface area contributed by atoms with Crippen molar-refractivity contribution in [1.82, 2.24) is 0 Å². The summed E-state index contributed by atoms with van der Waals surface area (Å²) >= 11 is 0.